The van der Waals surface area contributed by atoms with Crippen LogP contribution in [0, 0.1) is 17.8 Å². The largest absolute Gasteiger partial charge is 0.472 e. The number of hydrogen-bond acceptors (Lipinski definition) is 15. The predicted octanol–water partition coefficient (Wildman–Crippen LogP) is 19.4. The van der Waals surface area contributed by atoms with Gasteiger partial charge in [0.1, 0.15) is 19.3 Å². The fourth-order valence-corrected chi connectivity index (χ4v) is 11.5. The van der Waals surface area contributed by atoms with E-state index < -0.39 is 97.5 Å². The van der Waals surface area contributed by atoms with Crippen LogP contribution in [-0.2, 0) is 65.4 Å². The molecule has 7 atom stereocenters. The molecule has 3 N–H and O–H groups in total. The van der Waals surface area contributed by atoms with Crippen molar-refractivity contribution in [1.29, 1.82) is 0 Å². The SMILES string of the molecule is CCCCCC/C=C\C=C/CCCCCCCC(=O)O[C@H](COC(=O)CCCCCCCCCCC(C)CC)COP(=O)(O)OC[C@@H](O)COP(=O)(O)OC[C@@H](COC(=O)CCCCCCCCC(C)CC)OC(=O)CCCCCCCCCCCC(C)C. The highest BCUT2D eigenvalue weighted by molar-refractivity contribution is 7.47. The van der Waals surface area contributed by atoms with Crippen LogP contribution in [0.25, 0.3) is 0 Å². The Morgan fingerprint density at radius 1 is 0.371 bits per heavy atom. The molecule has 0 bridgehead atoms. The molecule has 0 aliphatic heterocycles. The summed E-state index contributed by atoms with van der Waals surface area (Å²) >= 11 is 0. The van der Waals surface area contributed by atoms with Crippen molar-refractivity contribution in [3.05, 3.63) is 24.3 Å². The van der Waals surface area contributed by atoms with Crippen LogP contribution < -0.4 is 0 Å². The number of rotatable bonds is 66. The summed E-state index contributed by atoms with van der Waals surface area (Å²) in [7, 11) is -9.91. The van der Waals surface area contributed by atoms with Crippen LogP contribution >= 0.6 is 15.6 Å². The van der Waals surface area contributed by atoms with Gasteiger partial charge in [-0.15, -0.1) is 0 Å². The van der Waals surface area contributed by atoms with E-state index in [-0.39, 0.29) is 25.7 Å². The lowest BCUT2D eigenvalue weighted by Crippen LogP contribution is -2.30. The van der Waals surface area contributed by atoms with Gasteiger partial charge in [-0.2, -0.15) is 0 Å². The second-order valence-corrected chi connectivity index (χ2v) is 28.5. The molecule has 0 spiro atoms. The highest BCUT2D eigenvalue weighted by Gasteiger charge is 2.30. The summed E-state index contributed by atoms with van der Waals surface area (Å²) in [5.74, 6) is 0.0791. The first-order valence-electron chi connectivity index (χ1n) is 35.7. The van der Waals surface area contributed by atoms with Crippen molar-refractivity contribution < 1.29 is 80.2 Å². The Morgan fingerprint density at radius 2 is 0.663 bits per heavy atom. The first kappa shape index (κ1) is 86.5. The van der Waals surface area contributed by atoms with Crippen LogP contribution in [0.3, 0.4) is 0 Å². The van der Waals surface area contributed by atoms with Crippen molar-refractivity contribution in [2.45, 2.75) is 343 Å². The molecule has 4 unspecified atom stereocenters. The number of ether oxygens (including phenoxy) is 4. The van der Waals surface area contributed by atoms with Crippen molar-refractivity contribution >= 4 is 39.5 Å². The third-order valence-electron chi connectivity index (χ3n) is 16.2. The molecule has 0 fully saturated rings. The minimum absolute atomic E-state index is 0.0839. The van der Waals surface area contributed by atoms with Gasteiger partial charge in [0.15, 0.2) is 12.2 Å². The van der Waals surface area contributed by atoms with Crippen LogP contribution in [0.5, 0.6) is 0 Å². The third kappa shape index (κ3) is 61.5. The third-order valence-corrected chi connectivity index (χ3v) is 18.1. The van der Waals surface area contributed by atoms with E-state index in [0.29, 0.717) is 25.7 Å². The molecule has 0 aliphatic rings. The number of carbonyl (C=O) groups excluding carboxylic acids is 4. The predicted molar refractivity (Wildman–Crippen MR) is 358 cm³/mol. The lowest BCUT2D eigenvalue weighted by atomic mass is 9.99. The van der Waals surface area contributed by atoms with E-state index in [1.54, 1.807) is 0 Å². The molecule has 17 nitrogen and oxygen atoms in total. The Kier molecular flexibility index (Phi) is 58.8. The zero-order valence-corrected chi connectivity index (χ0v) is 59.2. The van der Waals surface area contributed by atoms with E-state index in [0.717, 1.165) is 127 Å². The number of aliphatic hydroxyl groups is 1. The van der Waals surface area contributed by atoms with Gasteiger partial charge in [0.2, 0.25) is 0 Å². The average molecular weight is 1310 g/mol. The van der Waals surface area contributed by atoms with Crippen LogP contribution in [0.1, 0.15) is 325 Å². The lowest BCUT2D eigenvalue weighted by Gasteiger charge is -2.21. The van der Waals surface area contributed by atoms with Crippen LogP contribution in [0.15, 0.2) is 24.3 Å². The van der Waals surface area contributed by atoms with Gasteiger partial charge in [-0.3, -0.25) is 37.3 Å². The monoisotopic (exact) mass is 1310 g/mol. The van der Waals surface area contributed by atoms with Crippen LogP contribution in [0.4, 0.5) is 0 Å². The van der Waals surface area contributed by atoms with Crippen molar-refractivity contribution in [3.63, 3.8) is 0 Å². The summed E-state index contributed by atoms with van der Waals surface area (Å²) < 4.78 is 68.2. The highest BCUT2D eigenvalue weighted by atomic mass is 31.2. The molecule has 0 aromatic heterocycles. The highest BCUT2D eigenvalue weighted by Crippen LogP contribution is 2.45. The van der Waals surface area contributed by atoms with E-state index in [9.17, 15) is 43.2 Å². The average Bonchev–Trinajstić information content (AvgIpc) is 3.61. The second-order valence-electron chi connectivity index (χ2n) is 25.5. The van der Waals surface area contributed by atoms with Crippen molar-refractivity contribution in [2.24, 2.45) is 17.8 Å². The van der Waals surface area contributed by atoms with Crippen molar-refractivity contribution in [3.8, 4) is 0 Å². The molecule has 0 saturated carbocycles. The Labute approximate surface area is 542 Å². The normalized spacial score (nSPS) is 15.0. The summed E-state index contributed by atoms with van der Waals surface area (Å²) in [4.78, 5) is 72.5. The van der Waals surface area contributed by atoms with Gasteiger partial charge in [0.25, 0.3) is 0 Å². The number of carbonyl (C=O) groups is 4. The van der Waals surface area contributed by atoms with Gasteiger partial charge in [0, 0.05) is 25.7 Å². The first-order valence-corrected chi connectivity index (χ1v) is 38.7. The van der Waals surface area contributed by atoms with E-state index >= 15 is 0 Å². The molecule has 0 rings (SSSR count). The maximum Gasteiger partial charge on any atom is 0.472 e. The molecule has 0 amide bonds. The Hall–Kier alpha value is -2.46. The van der Waals surface area contributed by atoms with E-state index in [2.05, 4.69) is 72.8 Å². The quantitative estimate of drug-likeness (QED) is 0.0169. The Bertz CT molecular complexity index is 1850. The number of allylic oxidation sites excluding steroid dienone is 4. The molecule has 0 radical (unpaired) electrons. The topological polar surface area (TPSA) is 237 Å². The van der Waals surface area contributed by atoms with Gasteiger partial charge in [-0.25, -0.2) is 9.13 Å². The molecular formula is C70H132O17P2. The van der Waals surface area contributed by atoms with Crippen molar-refractivity contribution in [2.75, 3.05) is 39.6 Å². The molecule has 19 heteroatoms. The van der Waals surface area contributed by atoms with Gasteiger partial charge in [-0.05, 0) is 69.1 Å². The number of unbranched alkanes of at least 4 members (excludes halogenated alkanes) is 29. The molecule has 524 valence electrons. The first-order chi connectivity index (χ1) is 42.8. The Morgan fingerprint density at radius 3 is 1.00 bits per heavy atom. The number of phosphoric ester groups is 2. The molecule has 0 aromatic rings. The number of aliphatic hydroxyl groups excluding tert-OH is 1. The molecule has 0 aliphatic carbocycles. The Balaban J connectivity index is 5.31. The van der Waals surface area contributed by atoms with Crippen LogP contribution in [0.2, 0.25) is 0 Å². The maximum atomic E-state index is 13.0. The molecule has 0 heterocycles. The molecule has 0 aromatic carbocycles. The van der Waals surface area contributed by atoms with E-state index in [1.165, 1.54) is 116 Å². The number of esters is 4. The van der Waals surface area contributed by atoms with E-state index in [4.69, 9.17) is 37.0 Å². The fourth-order valence-electron chi connectivity index (χ4n) is 9.94. The standard InChI is InChI=1S/C70H132O17P2/c1-8-11-12-13-14-15-16-17-18-19-20-23-30-39-46-53-69(74)86-65(57-80-67(72)51-44-37-29-26-25-28-35-42-49-62(6)9-2)59-84-88(76,77)82-55-64(71)56-83-89(78,79)85-60-66(58-81-68(73)52-45-38-33-32-36-43-50-63(7)10-3)87-70(75)54-47-40-31-24-21-22-27-34-41-48-61(4)5/h15-18,61-66,71H,8-14,19-60H2,1-7H3,(H,76,77)(H,78,79)/b16-15-,18-17-/t62?,63?,64-,65-,66-/m1/s1. The minimum atomic E-state index is -4.96. The zero-order valence-electron chi connectivity index (χ0n) is 57.4. The fraction of sp³-hybridized carbons (Fsp3) is 0.886. The van der Waals surface area contributed by atoms with Crippen molar-refractivity contribution in [1.82, 2.24) is 0 Å². The smallest absolute Gasteiger partial charge is 0.462 e. The summed E-state index contributed by atoms with van der Waals surface area (Å²) in [6.07, 6.45) is 46.6. The van der Waals surface area contributed by atoms with Gasteiger partial charge in [-0.1, -0.05) is 272 Å². The number of phosphoric acid groups is 2. The van der Waals surface area contributed by atoms with Gasteiger partial charge in [0.05, 0.1) is 26.4 Å². The summed E-state index contributed by atoms with van der Waals surface area (Å²) in [5, 5.41) is 10.6. The van der Waals surface area contributed by atoms with Gasteiger partial charge >= 0.3 is 39.5 Å². The van der Waals surface area contributed by atoms with E-state index in [1.807, 2.05) is 0 Å². The molecule has 0 saturated heterocycles. The summed E-state index contributed by atoms with van der Waals surface area (Å²) in [6, 6.07) is 0. The second kappa shape index (κ2) is 60.5. The summed E-state index contributed by atoms with van der Waals surface area (Å²) in [5.41, 5.74) is 0. The molecular weight excluding hydrogens is 1170 g/mol. The molecule has 89 heavy (non-hydrogen) atoms. The lowest BCUT2D eigenvalue weighted by molar-refractivity contribution is -0.161. The van der Waals surface area contributed by atoms with Crippen LogP contribution in [-0.4, -0.2) is 96.7 Å². The maximum absolute atomic E-state index is 13.0. The number of hydrogen-bond donors (Lipinski definition) is 3. The summed E-state index contributed by atoms with van der Waals surface area (Å²) in [6.45, 7) is 11.7. The zero-order chi connectivity index (χ0) is 65.9. The van der Waals surface area contributed by atoms with Gasteiger partial charge < -0.3 is 33.8 Å². The minimum Gasteiger partial charge on any atom is -0.462 e.